The number of aromatic hydroxyl groups is 1. The summed E-state index contributed by atoms with van der Waals surface area (Å²) in [6.45, 7) is 3.61. The van der Waals surface area contributed by atoms with Gasteiger partial charge in [-0.3, -0.25) is 19.5 Å². The number of methoxy groups -OCH3 is 2. The number of nitrogens with zero attached hydrogens (tertiary/aromatic N) is 3. The Morgan fingerprint density at radius 3 is 2.51 bits per heavy atom. The van der Waals surface area contributed by atoms with Gasteiger partial charge >= 0.3 is 5.97 Å². The average molecular weight is 480 g/mol. The van der Waals surface area contributed by atoms with Crippen LogP contribution in [0.1, 0.15) is 29.4 Å². The summed E-state index contributed by atoms with van der Waals surface area (Å²) >= 11 is 0. The first kappa shape index (κ1) is 24.3. The Morgan fingerprint density at radius 2 is 1.89 bits per heavy atom. The van der Waals surface area contributed by atoms with Gasteiger partial charge in [0.05, 0.1) is 33.1 Å². The molecule has 9 nitrogen and oxygen atoms in total. The fourth-order valence-corrected chi connectivity index (χ4v) is 4.24. The van der Waals surface area contributed by atoms with Gasteiger partial charge in [-0.2, -0.15) is 0 Å². The minimum Gasteiger partial charge on any atom is -0.502 e. The normalized spacial score (nSPS) is 15.0. The van der Waals surface area contributed by atoms with Gasteiger partial charge in [0.15, 0.2) is 5.76 Å². The van der Waals surface area contributed by atoms with Gasteiger partial charge in [0.1, 0.15) is 11.5 Å². The second-order valence-corrected chi connectivity index (χ2v) is 8.37. The van der Waals surface area contributed by atoms with Crippen molar-refractivity contribution in [2.45, 2.75) is 18.9 Å². The van der Waals surface area contributed by atoms with E-state index in [1.807, 2.05) is 24.3 Å². The van der Waals surface area contributed by atoms with Crippen LogP contribution >= 0.6 is 0 Å². The number of hydrogen-bond acceptors (Lipinski definition) is 9. The van der Waals surface area contributed by atoms with Crippen LogP contribution in [-0.4, -0.2) is 61.4 Å². The van der Waals surface area contributed by atoms with Crippen molar-refractivity contribution < 1.29 is 23.8 Å². The molecule has 0 radical (unpaired) electrons. The third-order valence-electron chi connectivity index (χ3n) is 6.19. The maximum absolute atomic E-state index is 12.6. The van der Waals surface area contributed by atoms with Gasteiger partial charge in [-0.15, -0.1) is 0 Å². The van der Waals surface area contributed by atoms with Gasteiger partial charge in [0.25, 0.3) is 0 Å². The molecule has 0 amide bonds. The Hall–Kier alpha value is -3.85. The summed E-state index contributed by atoms with van der Waals surface area (Å²) in [6.07, 6.45) is 3.09. The van der Waals surface area contributed by atoms with E-state index in [9.17, 15) is 14.7 Å². The minimum absolute atomic E-state index is 0.0442. The molecule has 3 heterocycles. The molecule has 2 aromatic heterocycles. The molecule has 1 aliphatic rings. The van der Waals surface area contributed by atoms with Gasteiger partial charge in [0, 0.05) is 50.3 Å². The van der Waals surface area contributed by atoms with Gasteiger partial charge in [0.2, 0.25) is 11.2 Å². The first-order valence-corrected chi connectivity index (χ1v) is 11.4. The first-order valence-electron chi connectivity index (χ1n) is 11.4. The quantitative estimate of drug-likeness (QED) is 0.488. The predicted molar refractivity (Wildman–Crippen MR) is 130 cm³/mol. The second kappa shape index (κ2) is 11.1. The largest absolute Gasteiger partial charge is 0.502 e. The zero-order chi connectivity index (χ0) is 24.8. The molecule has 1 saturated heterocycles. The molecule has 184 valence electrons. The first-order chi connectivity index (χ1) is 17.0. The van der Waals surface area contributed by atoms with Crippen LogP contribution in [0.5, 0.6) is 11.5 Å². The van der Waals surface area contributed by atoms with Crippen LogP contribution in [0.4, 0.5) is 5.69 Å². The number of aromatic nitrogens is 1. The molecule has 1 N–H and O–H groups in total. The lowest BCUT2D eigenvalue weighted by Crippen LogP contribution is -2.46. The fraction of sp³-hybridized carbons (Fsp3) is 0.346. The summed E-state index contributed by atoms with van der Waals surface area (Å²) < 4.78 is 16.1. The van der Waals surface area contributed by atoms with Gasteiger partial charge in [-0.05, 0) is 35.9 Å². The van der Waals surface area contributed by atoms with Crippen molar-refractivity contribution in [1.29, 1.82) is 0 Å². The SMILES string of the molecule is COC(=O)C[C@H](c1cccnc1)c1oc(CN2CCN(c3ccc(OC)cc3)CC2)cc(=O)c1O. The summed E-state index contributed by atoms with van der Waals surface area (Å²) in [7, 11) is 2.94. The second-order valence-electron chi connectivity index (χ2n) is 8.37. The molecule has 0 saturated carbocycles. The molecule has 0 spiro atoms. The van der Waals surface area contributed by atoms with E-state index in [-0.39, 0.29) is 12.2 Å². The van der Waals surface area contributed by atoms with Crippen LogP contribution in [0.2, 0.25) is 0 Å². The lowest BCUT2D eigenvalue weighted by molar-refractivity contribution is -0.140. The predicted octanol–water partition coefficient (Wildman–Crippen LogP) is 2.77. The Bertz CT molecular complexity index is 1190. The topological polar surface area (TPSA) is 105 Å². The van der Waals surface area contributed by atoms with Crippen LogP contribution in [0.3, 0.4) is 0 Å². The van der Waals surface area contributed by atoms with E-state index in [2.05, 4.69) is 14.8 Å². The maximum atomic E-state index is 12.6. The number of carbonyl (C=O) groups excluding carboxylic acids is 1. The number of piperazine rings is 1. The van der Waals surface area contributed by atoms with Crippen molar-refractivity contribution in [2.24, 2.45) is 0 Å². The van der Waals surface area contributed by atoms with E-state index in [0.717, 1.165) is 37.6 Å². The van der Waals surface area contributed by atoms with E-state index in [0.29, 0.717) is 17.9 Å². The number of pyridine rings is 1. The number of esters is 1. The summed E-state index contributed by atoms with van der Waals surface area (Å²) in [4.78, 5) is 33.3. The van der Waals surface area contributed by atoms with E-state index < -0.39 is 23.1 Å². The van der Waals surface area contributed by atoms with Crippen molar-refractivity contribution in [3.05, 3.63) is 82.2 Å². The Labute approximate surface area is 203 Å². The molecule has 0 unspecified atom stereocenters. The van der Waals surface area contributed by atoms with E-state index in [1.165, 1.54) is 13.2 Å². The third-order valence-corrected chi connectivity index (χ3v) is 6.19. The fourth-order valence-electron chi connectivity index (χ4n) is 4.24. The van der Waals surface area contributed by atoms with Gasteiger partial charge in [-0.1, -0.05) is 6.07 Å². The smallest absolute Gasteiger partial charge is 0.306 e. The van der Waals surface area contributed by atoms with Crippen molar-refractivity contribution in [3.63, 3.8) is 0 Å². The van der Waals surface area contributed by atoms with E-state index in [4.69, 9.17) is 13.9 Å². The number of hydrogen-bond donors (Lipinski definition) is 1. The molecule has 1 aliphatic heterocycles. The average Bonchev–Trinajstić information content (AvgIpc) is 2.90. The zero-order valence-electron chi connectivity index (χ0n) is 19.8. The molecule has 1 fully saturated rings. The van der Waals surface area contributed by atoms with Crippen molar-refractivity contribution in [3.8, 4) is 11.5 Å². The molecule has 35 heavy (non-hydrogen) atoms. The lowest BCUT2D eigenvalue weighted by Gasteiger charge is -2.36. The number of ether oxygens (including phenoxy) is 2. The monoisotopic (exact) mass is 479 g/mol. The molecule has 4 rings (SSSR count). The zero-order valence-corrected chi connectivity index (χ0v) is 19.8. The molecular weight excluding hydrogens is 450 g/mol. The summed E-state index contributed by atoms with van der Waals surface area (Å²) in [6, 6.07) is 12.8. The van der Waals surface area contributed by atoms with Crippen molar-refractivity contribution in [2.75, 3.05) is 45.3 Å². The lowest BCUT2D eigenvalue weighted by atomic mass is 9.93. The van der Waals surface area contributed by atoms with Gasteiger partial charge < -0.3 is 23.9 Å². The van der Waals surface area contributed by atoms with Gasteiger partial charge in [-0.25, -0.2) is 0 Å². The Balaban J connectivity index is 1.50. The minimum atomic E-state index is -0.698. The van der Waals surface area contributed by atoms with E-state index in [1.54, 1.807) is 31.6 Å². The number of anilines is 1. The van der Waals surface area contributed by atoms with E-state index >= 15 is 0 Å². The highest BCUT2D eigenvalue weighted by Crippen LogP contribution is 2.33. The third kappa shape index (κ3) is 5.81. The number of rotatable bonds is 8. The summed E-state index contributed by atoms with van der Waals surface area (Å²) in [5, 5.41) is 10.5. The molecule has 3 aromatic rings. The standard InChI is InChI=1S/C26H29N3O6/c1-33-20-7-5-19(6-8-20)29-12-10-28(11-13-29)17-21-14-23(30)25(32)26(35-21)22(15-24(31)34-2)18-4-3-9-27-16-18/h3-9,14,16,22,32H,10-13,15,17H2,1-2H3/t22-/m1/s1. The van der Waals surface area contributed by atoms with Crippen LogP contribution in [-0.2, 0) is 16.1 Å². The number of carbonyl (C=O) groups is 1. The molecule has 0 bridgehead atoms. The van der Waals surface area contributed by atoms with Crippen molar-refractivity contribution in [1.82, 2.24) is 9.88 Å². The molecular formula is C26H29N3O6. The molecule has 1 atom stereocenters. The molecule has 9 heteroatoms. The highest BCUT2D eigenvalue weighted by molar-refractivity contribution is 5.71. The maximum Gasteiger partial charge on any atom is 0.306 e. The highest BCUT2D eigenvalue weighted by atomic mass is 16.5. The molecule has 1 aromatic carbocycles. The van der Waals surface area contributed by atoms with Crippen LogP contribution in [0.15, 0.2) is 64.1 Å². The van der Waals surface area contributed by atoms with Crippen molar-refractivity contribution >= 4 is 11.7 Å². The summed E-state index contributed by atoms with van der Waals surface area (Å²) in [5.74, 6) is -0.392. The Morgan fingerprint density at radius 1 is 1.14 bits per heavy atom. The van der Waals surface area contributed by atoms with Crippen LogP contribution < -0.4 is 15.1 Å². The van der Waals surface area contributed by atoms with Crippen LogP contribution in [0, 0.1) is 0 Å². The molecule has 0 aliphatic carbocycles. The summed E-state index contributed by atoms with van der Waals surface area (Å²) in [5.41, 5.74) is 1.23. The highest BCUT2D eigenvalue weighted by Gasteiger charge is 2.27. The Kier molecular flexibility index (Phi) is 7.67. The number of benzene rings is 1. The van der Waals surface area contributed by atoms with Crippen LogP contribution in [0.25, 0.3) is 0 Å².